The Bertz CT molecular complexity index is 393. The zero-order valence-corrected chi connectivity index (χ0v) is 11.0. The lowest BCUT2D eigenvalue weighted by atomic mass is 10.2. The summed E-state index contributed by atoms with van der Waals surface area (Å²) >= 11 is 15.5. The Balaban J connectivity index is 1.98. The molecule has 80 valence electrons. The van der Waals surface area contributed by atoms with Crippen LogP contribution in [0.25, 0.3) is 0 Å². The van der Waals surface area contributed by atoms with E-state index in [1.807, 2.05) is 23.9 Å². The summed E-state index contributed by atoms with van der Waals surface area (Å²) in [5.41, 5.74) is 1.11. The number of benzene rings is 1. The molecule has 5 heteroatoms. The zero-order valence-electron chi connectivity index (χ0n) is 7.87. The third kappa shape index (κ3) is 3.31. The van der Waals surface area contributed by atoms with Crippen molar-refractivity contribution in [2.75, 3.05) is 12.3 Å². The largest absolute Gasteiger partial charge is 0.271 e. The maximum absolute atomic E-state index is 6.07. The number of halogens is 2. The summed E-state index contributed by atoms with van der Waals surface area (Å²) < 4.78 is 1.17. The second kappa shape index (κ2) is 5.48. The summed E-state index contributed by atoms with van der Waals surface area (Å²) in [6.45, 7) is 0.946. The molecule has 0 saturated heterocycles. The predicted molar refractivity (Wildman–Crippen MR) is 72.5 cm³/mol. The summed E-state index contributed by atoms with van der Waals surface area (Å²) in [5.74, 6) is 1.97. The average Bonchev–Trinajstić information content (AvgIpc) is 2.69. The van der Waals surface area contributed by atoms with Crippen molar-refractivity contribution in [2.24, 2.45) is 4.99 Å². The molecule has 0 fully saturated rings. The Morgan fingerprint density at radius 3 is 2.93 bits per heavy atom. The number of hydrogen-bond donors (Lipinski definition) is 0. The van der Waals surface area contributed by atoms with Crippen molar-refractivity contribution in [3.05, 3.63) is 33.8 Å². The van der Waals surface area contributed by atoms with Gasteiger partial charge in [-0.05, 0) is 17.7 Å². The van der Waals surface area contributed by atoms with Gasteiger partial charge in [-0.25, -0.2) is 0 Å². The van der Waals surface area contributed by atoms with Crippen LogP contribution in [0, 0.1) is 0 Å². The van der Waals surface area contributed by atoms with E-state index in [9.17, 15) is 0 Å². The van der Waals surface area contributed by atoms with Crippen LogP contribution in [-0.4, -0.2) is 16.7 Å². The molecule has 0 aromatic heterocycles. The highest BCUT2D eigenvalue weighted by molar-refractivity contribution is 8.38. The molecule has 0 saturated carbocycles. The van der Waals surface area contributed by atoms with Crippen LogP contribution in [-0.2, 0) is 5.75 Å². The van der Waals surface area contributed by atoms with E-state index >= 15 is 0 Å². The first kappa shape index (κ1) is 11.6. The molecule has 0 radical (unpaired) electrons. The molecule has 0 N–H and O–H groups in total. The van der Waals surface area contributed by atoms with E-state index in [1.54, 1.807) is 17.8 Å². The Kier molecular flexibility index (Phi) is 4.26. The van der Waals surface area contributed by atoms with Crippen molar-refractivity contribution < 1.29 is 0 Å². The van der Waals surface area contributed by atoms with Gasteiger partial charge in [0, 0.05) is 21.6 Å². The van der Waals surface area contributed by atoms with Gasteiger partial charge in [0.2, 0.25) is 0 Å². The van der Waals surface area contributed by atoms with Crippen LogP contribution in [0.4, 0.5) is 0 Å². The van der Waals surface area contributed by atoms with E-state index in [4.69, 9.17) is 23.2 Å². The van der Waals surface area contributed by atoms with Gasteiger partial charge in [0.15, 0.2) is 0 Å². The molecule has 2 rings (SSSR count). The molecule has 0 amide bonds. The molecule has 15 heavy (non-hydrogen) atoms. The minimum atomic E-state index is 0.682. The molecule has 1 aromatic rings. The number of nitrogens with zero attached hydrogens (tertiary/aromatic N) is 1. The van der Waals surface area contributed by atoms with Crippen molar-refractivity contribution >= 4 is 51.1 Å². The molecule has 0 unspecified atom stereocenters. The molecular formula is C10H9Cl2NS2. The van der Waals surface area contributed by atoms with Gasteiger partial charge in [-0.15, -0.1) is 0 Å². The monoisotopic (exact) mass is 277 g/mol. The van der Waals surface area contributed by atoms with Crippen LogP contribution >= 0.6 is 46.7 Å². The molecule has 0 spiro atoms. The number of aliphatic imine (C=N–C) groups is 1. The Hall–Kier alpha value is 0.170. The molecular weight excluding hydrogens is 269 g/mol. The standard InChI is InChI=1S/C10H9Cl2NS2/c11-8-2-1-7(9(12)5-8)6-15-10-13-3-4-14-10/h1-2,5H,3-4,6H2. The van der Waals surface area contributed by atoms with Crippen molar-refractivity contribution in [1.82, 2.24) is 0 Å². The van der Waals surface area contributed by atoms with Gasteiger partial charge >= 0.3 is 0 Å². The maximum atomic E-state index is 6.07. The summed E-state index contributed by atoms with van der Waals surface area (Å²) in [4.78, 5) is 4.37. The highest BCUT2D eigenvalue weighted by Crippen LogP contribution is 2.29. The molecule has 1 aromatic carbocycles. The minimum absolute atomic E-state index is 0.682. The van der Waals surface area contributed by atoms with Crippen molar-refractivity contribution in [1.29, 1.82) is 0 Å². The van der Waals surface area contributed by atoms with Crippen molar-refractivity contribution in [3.8, 4) is 0 Å². The van der Waals surface area contributed by atoms with Crippen LogP contribution in [0.2, 0.25) is 10.0 Å². The molecule has 1 aliphatic heterocycles. The highest BCUT2D eigenvalue weighted by Gasteiger charge is 2.09. The lowest BCUT2D eigenvalue weighted by Crippen LogP contribution is -1.86. The number of rotatable bonds is 2. The number of thioether (sulfide) groups is 2. The average molecular weight is 278 g/mol. The van der Waals surface area contributed by atoms with E-state index in [0.29, 0.717) is 5.02 Å². The quantitative estimate of drug-likeness (QED) is 0.798. The van der Waals surface area contributed by atoms with Gasteiger partial charge in [-0.3, -0.25) is 4.99 Å². The predicted octanol–water partition coefficient (Wildman–Crippen LogP) is 4.33. The number of hydrogen-bond acceptors (Lipinski definition) is 3. The first-order valence-electron chi connectivity index (χ1n) is 4.49. The van der Waals surface area contributed by atoms with Crippen molar-refractivity contribution in [2.45, 2.75) is 5.75 Å². The zero-order chi connectivity index (χ0) is 10.7. The first-order chi connectivity index (χ1) is 7.25. The summed E-state index contributed by atoms with van der Waals surface area (Å²) in [7, 11) is 0. The highest BCUT2D eigenvalue weighted by atomic mass is 35.5. The van der Waals surface area contributed by atoms with Crippen LogP contribution < -0.4 is 0 Å². The molecule has 1 aliphatic rings. The minimum Gasteiger partial charge on any atom is -0.271 e. The van der Waals surface area contributed by atoms with Crippen LogP contribution in [0.1, 0.15) is 5.56 Å². The topological polar surface area (TPSA) is 12.4 Å². The van der Waals surface area contributed by atoms with Crippen molar-refractivity contribution in [3.63, 3.8) is 0 Å². The van der Waals surface area contributed by atoms with Gasteiger partial charge in [-0.2, -0.15) is 0 Å². The van der Waals surface area contributed by atoms with Crippen LogP contribution in [0.5, 0.6) is 0 Å². The summed E-state index contributed by atoms with van der Waals surface area (Å²) in [6.07, 6.45) is 0. The SMILES string of the molecule is Clc1ccc(CSC2=NCCS2)c(Cl)c1. The molecule has 1 heterocycles. The molecule has 0 bridgehead atoms. The third-order valence-corrected chi connectivity index (χ3v) is 4.81. The fourth-order valence-electron chi connectivity index (χ4n) is 1.18. The molecule has 0 aliphatic carbocycles. The van der Waals surface area contributed by atoms with E-state index in [-0.39, 0.29) is 0 Å². The second-order valence-corrected chi connectivity index (χ2v) is 6.17. The summed E-state index contributed by atoms with van der Waals surface area (Å²) in [5, 5.41) is 1.42. The van der Waals surface area contributed by atoms with E-state index in [1.165, 1.54) is 4.38 Å². The smallest absolute Gasteiger partial charge is 0.124 e. The first-order valence-corrected chi connectivity index (χ1v) is 7.22. The molecule has 1 nitrogen and oxygen atoms in total. The lowest BCUT2D eigenvalue weighted by Gasteiger charge is -2.03. The van der Waals surface area contributed by atoms with Crippen LogP contribution in [0.3, 0.4) is 0 Å². The van der Waals surface area contributed by atoms with E-state index in [2.05, 4.69) is 4.99 Å². The van der Waals surface area contributed by atoms with Gasteiger partial charge in [0.05, 0.1) is 6.54 Å². The maximum Gasteiger partial charge on any atom is 0.124 e. The Morgan fingerprint density at radius 2 is 2.27 bits per heavy atom. The lowest BCUT2D eigenvalue weighted by molar-refractivity contribution is 1.18. The van der Waals surface area contributed by atoms with Gasteiger partial charge in [-0.1, -0.05) is 52.8 Å². The van der Waals surface area contributed by atoms with E-state index < -0.39 is 0 Å². The Labute approximate surface area is 108 Å². The normalized spacial score (nSPS) is 15.5. The molecule has 0 atom stereocenters. The fourth-order valence-corrected chi connectivity index (χ4v) is 3.75. The summed E-state index contributed by atoms with van der Waals surface area (Å²) in [6, 6.07) is 5.62. The van der Waals surface area contributed by atoms with Gasteiger partial charge in [0.25, 0.3) is 0 Å². The van der Waals surface area contributed by atoms with Crippen LogP contribution in [0.15, 0.2) is 23.2 Å². The third-order valence-electron chi connectivity index (χ3n) is 1.92. The van der Waals surface area contributed by atoms with Gasteiger partial charge < -0.3 is 0 Å². The second-order valence-electron chi connectivity index (χ2n) is 3.02. The Morgan fingerprint density at radius 1 is 1.40 bits per heavy atom. The fraction of sp³-hybridized carbons (Fsp3) is 0.300. The van der Waals surface area contributed by atoms with Gasteiger partial charge in [0.1, 0.15) is 4.38 Å². The van der Waals surface area contributed by atoms with E-state index in [0.717, 1.165) is 28.6 Å².